The third kappa shape index (κ3) is 3.89. The summed E-state index contributed by atoms with van der Waals surface area (Å²) in [6.07, 6.45) is 14.4. The molecule has 0 radical (unpaired) electrons. The van der Waals surface area contributed by atoms with Crippen molar-refractivity contribution in [1.82, 2.24) is 9.88 Å². The van der Waals surface area contributed by atoms with Crippen molar-refractivity contribution in [2.24, 2.45) is 11.3 Å². The van der Waals surface area contributed by atoms with Crippen molar-refractivity contribution < 1.29 is 9.53 Å². The zero-order valence-corrected chi connectivity index (χ0v) is 15.2. The van der Waals surface area contributed by atoms with Crippen LogP contribution in [0.4, 0.5) is 0 Å². The molecule has 4 nitrogen and oxygen atoms in total. The van der Waals surface area contributed by atoms with Crippen molar-refractivity contribution in [1.29, 1.82) is 0 Å². The van der Waals surface area contributed by atoms with Gasteiger partial charge in [0.05, 0.1) is 12.7 Å². The highest BCUT2D eigenvalue weighted by atomic mass is 16.5. The fraction of sp³-hybridized carbons (Fsp3) is 0.714. The SMILES string of the molecule is O=C(C1CCCCC1)N1CCC2(CC1)CO[C@@H](Cc1cccnc1)C2. The van der Waals surface area contributed by atoms with Crippen molar-refractivity contribution >= 4 is 5.91 Å². The molecule has 0 unspecified atom stereocenters. The maximum atomic E-state index is 12.7. The van der Waals surface area contributed by atoms with Crippen molar-refractivity contribution in [2.45, 2.75) is 63.9 Å². The van der Waals surface area contributed by atoms with E-state index in [1.54, 1.807) is 0 Å². The van der Waals surface area contributed by atoms with Crippen molar-refractivity contribution in [3.8, 4) is 0 Å². The summed E-state index contributed by atoms with van der Waals surface area (Å²) < 4.78 is 6.13. The number of amides is 1. The van der Waals surface area contributed by atoms with Gasteiger partial charge in [-0.2, -0.15) is 0 Å². The van der Waals surface area contributed by atoms with Crippen LogP contribution in [-0.4, -0.2) is 41.6 Å². The minimum absolute atomic E-state index is 0.302. The van der Waals surface area contributed by atoms with Crippen LogP contribution >= 0.6 is 0 Å². The second-order valence-corrected chi connectivity index (χ2v) is 8.36. The quantitative estimate of drug-likeness (QED) is 0.843. The summed E-state index contributed by atoms with van der Waals surface area (Å²) >= 11 is 0. The van der Waals surface area contributed by atoms with E-state index in [2.05, 4.69) is 16.0 Å². The number of hydrogen-bond acceptors (Lipinski definition) is 3. The standard InChI is InChI=1S/C21H30N2O2/c24-20(18-6-2-1-3-7-18)23-11-8-21(9-12-23)14-19(25-16-21)13-17-5-4-10-22-15-17/h4-5,10,15,18-19H,1-3,6-9,11-14,16H2/t19-/m0/s1. The number of piperidine rings is 1. The van der Waals surface area contributed by atoms with Crippen LogP contribution in [0.5, 0.6) is 0 Å². The number of nitrogens with zero attached hydrogens (tertiary/aromatic N) is 2. The van der Waals surface area contributed by atoms with Crippen LogP contribution in [0, 0.1) is 11.3 Å². The summed E-state index contributed by atoms with van der Waals surface area (Å²) in [5, 5.41) is 0. The molecule has 1 aromatic heterocycles. The number of aromatic nitrogens is 1. The molecule has 1 aliphatic carbocycles. The minimum atomic E-state index is 0.302. The molecule has 3 fully saturated rings. The molecule has 0 aromatic carbocycles. The third-order valence-corrected chi connectivity index (χ3v) is 6.56. The van der Waals surface area contributed by atoms with E-state index in [9.17, 15) is 4.79 Å². The lowest BCUT2D eigenvalue weighted by molar-refractivity contribution is -0.139. The number of ether oxygens (including phenoxy) is 1. The number of carbonyl (C=O) groups excluding carboxylic acids is 1. The lowest BCUT2D eigenvalue weighted by Gasteiger charge is -2.40. The highest BCUT2D eigenvalue weighted by Crippen LogP contribution is 2.43. The number of likely N-dealkylation sites (tertiary alicyclic amines) is 1. The molecule has 1 spiro atoms. The summed E-state index contributed by atoms with van der Waals surface area (Å²) in [5.74, 6) is 0.737. The highest BCUT2D eigenvalue weighted by Gasteiger charge is 2.43. The highest BCUT2D eigenvalue weighted by molar-refractivity contribution is 5.79. The zero-order valence-electron chi connectivity index (χ0n) is 15.2. The first-order valence-corrected chi connectivity index (χ1v) is 10.0. The Morgan fingerprint density at radius 2 is 2.04 bits per heavy atom. The molecular weight excluding hydrogens is 312 g/mol. The predicted molar refractivity (Wildman–Crippen MR) is 97.1 cm³/mol. The van der Waals surface area contributed by atoms with E-state index >= 15 is 0 Å². The lowest BCUT2D eigenvalue weighted by atomic mass is 9.75. The Hall–Kier alpha value is -1.42. The summed E-state index contributed by atoms with van der Waals surface area (Å²) in [4.78, 5) is 19.1. The fourth-order valence-electron chi connectivity index (χ4n) is 4.97. The summed E-state index contributed by atoms with van der Waals surface area (Å²) in [6.45, 7) is 2.72. The van der Waals surface area contributed by atoms with E-state index in [0.717, 1.165) is 58.2 Å². The van der Waals surface area contributed by atoms with Gasteiger partial charge in [0.15, 0.2) is 0 Å². The Morgan fingerprint density at radius 3 is 2.76 bits per heavy atom. The van der Waals surface area contributed by atoms with Gasteiger partial charge in [0.25, 0.3) is 0 Å². The smallest absolute Gasteiger partial charge is 0.225 e. The van der Waals surface area contributed by atoms with Gasteiger partial charge in [-0.05, 0) is 49.1 Å². The number of pyridine rings is 1. The summed E-state index contributed by atoms with van der Waals surface area (Å²) in [7, 11) is 0. The van der Waals surface area contributed by atoms with Crippen LogP contribution < -0.4 is 0 Å². The van der Waals surface area contributed by atoms with E-state index in [-0.39, 0.29) is 0 Å². The van der Waals surface area contributed by atoms with E-state index in [4.69, 9.17) is 4.74 Å². The van der Waals surface area contributed by atoms with Gasteiger partial charge in [0, 0.05) is 37.8 Å². The second-order valence-electron chi connectivity index (χ2n) is 8.36. The Bertz CT molecular complexity index is 575. The number of rotatable bonds is 3. The normalized spacial score (nSPS) is 26.9. The molecule has 4 rings (SSSR count). The first kappa shape index (κ1) is 17.0. The van der Waals surface area contributed by atoms with E-state index in [1.807, 2.05) is 18.5 Å². The topological polar surface area (TPSA) is 42.4 Å². The van der Waals surface area contributed by atoms with Gasteiger partial charge in [-0.15, -0.1) is 0 Å². The van der Waals surface area contributed by atoms with Crippen molar-refractivity contribution in [2.75, 3.05) is 19.7 Å². The molecule has 25 heavy (non-hydrogen) atoms. The maximum Gasteiger partial charge on any atom is 0.225 e. The first-order chi connectivity index (χ1) is 12.2. The lowest BCUT2D eigenvalue weighted by Crippen LogP contribution is -2.46. The molecule has 4 heteroatoms. The number of hydrogen-bond donors (Lipinski definition) is 0. The molecule has 3 heterocycles. The molecule has 1 atom stereocenters. The molecule has 0 N–H and O–H groups in total. The second kappa shape index (κ2) is 7.45. The van der Waals surface area contributed by atoms with Crippen LogP contribution in [0.3, 0.4) is 0 Å². The first-order valence-electron chi connectivity index (χ1n) is 10.0. The molecule has 2 saturated heterocycles. The van der Waals surface area contributed by atoms with Gasteiger partial charge in [0.1, 0.15) is 0 Å². The summed E-state index contributed by atoms with van der Waals surface area (Å²) in [5.41, 5.74) is 1.56. The molecule has 1 aromatic rings. The van der Waals surface area contributed by atoms with Crippen LogP contribution in [0.2, 0.25) is 0 Å². The average molecular weight is 342 g/mol. The van der Waals surface area contributed by atoms with Gasteiger partial charge in [-0.1, -0.05) is 25.3 Å². The van der Waals surface area contributed by atoms with Crippen LogP contribution in [0.15, 0.2) is 24.5 Å². The predicted octanol–water partition coefficient (Wildman–Crippen LogP) is 3.60. The van der Waals surface area contributed by atoms with Gasteiger partial charge in [-0.25, -0.2) is 0 Å². The fourth-order valence-corrected chi connectivity index (χ4v) is 4.97. The van der Waals surface area contributed by atoms with E-state index in [0.29, 0.717) is 23.3 Å². The Balaban J connectivity index is 1.29. The van der Waals surface area contributed by atoms with Crippen molar-refractivity contribution in [3.05, 3.63) is 30.1 Å². The Labute approximate surface area is 151 Å². The van der Waals surface area contributed by atoms with Crippen LogP contribution in [0.25, 0.3) is 0 Å². The third-order valence-electron chi connectivity index (χ3n) is 6.56. The molecule has 136 valence electrons. The van der Waals surface area contributed by atoms with Gasteiger partial charge in [-0.3, -0.25) is 9.78 Å². The maximum absolute atomic E-state index is 12.7. The van der Waals surface area contributed by atoms with Gasteiger partial charge < -0.3 is 9.64 Å². The zero-order chi connectivity index (χ0) is 17.1. The molecular formula is C21H30N2O2. The monoisotopic (exact) mass is 342 g/mol. The van der Waals surface area contributed by atoms with Gasteiger partial charge in [0.2, 0.25) is 5.91 Å². The van der Waals surface area contributed by atoms with E-state index < -0.39 is 0 Å². The van der Waals surface area contributed by atoms with Crippen molar-refractivity contribution in [3.63, 3.8) is 0 Å². The molecule has 3 aliphatic rings. The minimum Gasteiger partial charge on any atom is -0.377 e. The molecule has 1 saturated carbocycles. The Kier molecular flexibility index (Phi) is 5.07. The van der Waals surface area contributed by atoms with Crippen LogP contribution in [-0.2, 0) is 16.0 Å². The molecule has 2 aliphatic heterocycles. The van der Waals surface area contributed by atoms with Gasteiger partial charge >= 0.3 is 0 Å². The van der Waals surface area contributed by atoms with E-state index in [1.165, 1.54) is 24.8 Å². The van der Waals surface area contributed by atoms with Crippen LogP contribution in [0.1, 0.15) is 56.9 Å². The molecule has 1 amide bonds. The number of carbonyl (C=O) groups is 1. The largest absolute Gasteiger partial charge is 0.377 e. The molecule has 0 bridgehead atoms. The average Bonchev–Trinajstić information content (AvgIpc) is 3.05. The Morgan fingerprint density at radius 1 is 1.24 bits per heavy atom. The summed E-state index contributed by atoms with van der Waals surface area (Å²) in [6, 6.07) is 4.13.